The van der Waals surface area contributed by atoms with E-state index in [2.05, 4.69) is 21.2 Å². The van der Waals surface area contributed by atoms with Crippen LogP contribution in [0.1, 0.15) is 48.9 Å². The van der Waals surface area contributed by atoms with E-state index in [0.717, 1.165) is 6.42 Å². The van der Waals surface area contributed by atoms with Gasteiger partial charge in [0.25, 0.3) is 0 Å². The first-order valence-electron chi connectivity index (χ1n) is 6.89. The molecule has 1 aromatic carbocycles. The fourth-order valence-corrected chi connectivity index (χ4v) is 3.01. The summed E-state index contributed by atoms with van der Waals surface area (Å²) in [5.41, 5.74) is 0.464. The highest BCUT2D eigenvalue weighted by Gasteiger charge is 2.17. The standard InChI is InChI=1S/C15H18BrNO3/c16-11-6-7-13(12(9-11)15(19)20)17-14(18)8-5-10-3-1-2-4-10/h6-7,9-10H,1-5,8H2,(H,17,18)(H,19,20). The molecule has 2 N–H and O–H groups in total. The Hall–Kier alpha value is -1.36. The summed E-state index contributed by atoms with van der Waals surface area (Å²) in [6, 6.07) is 4.83. The normalized spacial score (nSPS) is 15.2. The van der Waals surface area contributed by atoms with E-state index in [9.17, 15) is 9.59 Å². The second kappa shape index (κ2) is 6.88. The van der Waals surface area contributed by atoms with Crippen LogP contribution in [0.25, 0.3) is 0 Å². The lowest BCUT2D eigenvalue weighted by Crippen LogP contribution is -2.15. The molecule has 1 amide bonds. The van der Waals surface area contributed by atoms with Crippen LogP contribution in [0.3, 0.4) is 0 Å². The van der Waals surface area contributed by atoms with Gasteiger partial charge in [-0.1, -0.05) is 41.6 Å². The van der Waals surface area contributed by atoms with E-state index in [1.807, 2.05) is 0 Å². The van der Waals surface area contributed by atoms with Gasteiger partial charge in [-0.05, 0) is 30.5 Å². The van der Waals surface area contributed by atoms with Crippen molar-refractivity contribution in [3.63, 3.8) is 0 Å². The third kappa shape index (κ3) is 4.07. The van der Waals surface area contributed by atoms with E-state index in [4.69, 9.17) is 5.11 Å². The quantitative estimate of drug-likeness (QED) is 0.850. The summed E-state index contributed by atoms with van der Waals surface area (Å²) in [5.74, 6) is -0.497. The summed E-state index contributed by atoms with van der Waals surface area (Å²) in [4.78, 5) is 23.1. The summed E-state index contributed by atoms with van der Waals surface area (Å²) in [7, 11) is 0. The zero-order valence-electron chi connectivity index (χ0n) is 11.2. The fourth-order valence-electron chi connectivity index (χ4n) is 2.65. The highest BCUT2D eigenvalue weighted by atomic mass is 79.9. The summed E-state index contributed by atoms with van der Waals surface area (Å²) in [6.45, 7) is 0. The van der Waals surface area contributed by atoms with Crippen LogP contribution >= 0.6 is 15.9 Å². The van der Waals surface area contributed by atoms with Gasteiger partial charge < -0.3 is 10.4 Å². The molecule has 1 saturated carbocycles. The van der Waals surface area contributed by atoms with Gasteiger partial charge in [0.1, 0.15) is 0 Å². The van der Waals surface area contributed by atoms with Crippen molar-refractivity contribution >= 4 is 33.5 Å². The van der Waals surface area contributed by atoms with E-state index < -0.39 is 5.97 Å². The minimum atomic E-state index is -1.04. The number of carbonyl (C=O) groups excluding carboxylic acids is 1. The van der Waals surface area contributed by atoms with Gasteiger partial charge >= 0.3 is 5.97 Å². The molecule has 108 valence electrons. The molecule has 0 aliphatic heterocycles. The van der Waals surface area contributed by atoms with E-state index in [-0.39, 0.29) is 11.5 Å². The first-order valence-corrected chi connectivity index (χ1v) is 7.68. The van der Waals surface area contributed by atoms with Crippen molar-refractivity contribution in [1.29, 1.82) is 0 Å². The zero-order valence-corrected chi connectivity index (χ0v) is 12.8. The second-order valence-corrected chi connectivity index (χ2v) is 6.15. The number of nitrogens with one attached hydrogen (secondary N) is 1. The van der Waals surface area contributed by atoms with E-state index in [1.165, 1.54) is 31.7 Å². The van der Waals surface area contributed by atoms with Crippen LogP contribution in [0, 0.1) is 5.92 Å². The molecular weight excluding hydrogens is 322 g/mol. The number of anilines is 1. The van der Waals surface area contributed by atoms with Crippen molar-refractivity contribution in [3.05, 3.63) is 28.2 Å². The molecule has 1 aromatic rings. The zero-order chi connectivity index (χ0) is 14.5. The lowest BCUT2D eigenvalue weighted by atomic mass is 10.0. The van der Waals surface area contributed by atoms with Crippen molar-refractivity contribution in [1.82, 2.24) is 0 Å². The molecule has 0 unspecified atom stereocenters. The van der Waals surface area contributed by atoms with Crippen molar-refractivity contribution in [3.8, 4) is 0 Å². The largest absolute Gasteiger partial charge is 0.478 e. The third-order valence-corrected chi connectivity index (χ3v) is 4.23. The fraction of sp³-hybridized carbons (Fsp3) is 0.467. The Balaban J connectivity index is 1.94. The topological polar surface area (TPSA) is 66.4 Å². The maximum Gasteiger partial charge on any atom is 0.337 e. The average Bonchev–Trinajstić information content (AvgIpc) is 2.91. The Morgan fingerprint density at radius 2 is 2.00 bits per heavy atom. The highest BCUT2D eigenvalue weighted by molar-refractivity contribution is 9.10. The molecule has 20 heavy (non-hydrogen) atoms. The smallest absolute Gasteiger partial charge is 0.337 e. The Kier molecular flexibility index (Phi) is 5.17. The molecule has 0 bridgehead atoms. The van der Waals surface area contributed by atoms with Gasteiger partial charge in [0, 0.05) is 10.9 Å². The molecule has 0 spiro atoms. The van der Waals surface area contributed by atoms with Crippen LogP contribution < -0.4 is 5.32 Å². The van der Waals surface area contributed by atoms with Crippen LogP contribution in [-0.2, 0) is 4.79 Å². The minimum Gasteiger partial charge on any atom is -0.478 e. The Labute approximate surface area is 126 Å². The molecule has 0 aromatic heterocycles. The maximum absolute atomic E-state index is 11.9. The van der Waals surface area contributed by atoms with Gasteiger partial charge in [-0.15, -0.1) is 0 Å². The lowest BCUT2D eigenvalue weighted by Gasteiger charge is -2.11. The molecule has 1 aliphatic rings. The number of benzene rings is 1. The number of hydrogen-bond acceptors (Lipinski definition) is 2. The molecule has 2 rings (SSSR count). The summed E-state index contributed by atoms with van der Waals surface area (Å²) in [5, 5.41) is 11.8. The predicted molar refractivity (Wildman–Crippen MR) is 80.9 cm³/mol. The van der Waals surface area contributed by atoms with Crippen LogP contribution in [0.4, 0.5) is 5.69 Å². The summed E-state index contributed by atoms with van der Waals surface area (Å²) in [6.07, 6.45) is 6.31. The van der Waals surface area contributed by atoms with E-state index in [0.29, 0.717) is 22.5 Å². The summed E-state index contributed by atoms with van der Waals surface area (Å²) < 4.78 is 0.679. The second-order valence-electron chi connectivity index (χ2n) is 5.23. The highest BCUT2D eigenvalue weighted by Crippen LogP contribution is 2.29. The average molecular weight is 340 g/mol. The van der Waals surface area contributed by atoms with Gasteiger partial charge in [0.15, 0.2) is 0 Å². The van der Waals surface area contributed by atoms with Gasteiger partial charge in [0.05, 0.1) is 11.3 Å². The number of carboxylic acids is 1. The molecule has 0 saturated heterocycles. The third-order valence-electron chi connectivity index (χ3n) is 3.74. The number of halogens is 1. The number of aromatic carboxylic acids is 1. The lowest BCUT2D eigenvalue weighted by molar-refractivity contribution is -0.116. The van der Waals surface area contributed by atoms with Crippen molar-refractivity contribution < 1.29 is 14.7 Å². The number of rotatable bonds is 5. The molecule has 0 radical (unpaired) electrons. The molecule has 5 heteroatoms. The van der Waals surface area contributed by atoms with Gasteiger partial charge in [-0.2, -0.15) is 0 Å². The van der Waals surface area contributed by atoms with Crippen molar-refractivity contribution in [2.24, 2.45) is 5.92 Å². The number of carbonyl (C=O) groups is 2. The maximum atomic E-state index is 11.9. The van der Waals surface area contributed by atoms with Gasteiger partial charge in [0.2, 0.25) is 5.91 Å². The molecule has 4 nitrogen and oxygen atoms in total. The molecular formula is C15H18BrNO3. The molecule has 0 atom stereocenters. The molecule has 0 heterocycles. The van der Waals surface area contributed by atoms with Crippen LogP contribution in [-0.4, -0.2) is 17.0 Å². The van der Waals surface area contributed by atoms with Crippen molar-refractivity contribution in [2.75, 3.05) is 5.32 Å². The van der Waals surface area contributed by atoms with Crippen LogP contribution in [0.15, 0.2) is 22.7 Å². The minimum absolute atomic E-state index is 0.105. The number of amides is 1. The first kappa shape index (κ1) is 15.0. The Morgan fingerprint density at radius 1 is 1.30 bits per heavy atom. The van der Waals surface area contributed by atoms with E-state index in [1.54, 1.807) is 12.1 Å². The monoisotopic (exact) mass is 339 g/mol. The van der Waals surface area contributed by atoms with E-state index >= 15 is 0 Å². The van der Waals surface area contributed by atoms with Crippen LogP contribution in [0.5, 0.6) is 0 Å². The summed E-state index contributed by atoms with van der Waals surface area (Å²) >= 11 is 3.23. The number of carboxylic acid groups (broad SMARTS) is 1. The van der Waals surface area contributed by atoms with Gasteiger partial charge in [-0.3, -0.25) is 4.79 Å². The van der Waals surface area contributed by atoms with Gasteiger partial charge in [-0.25, -0.2) is 4.79 Å². The Morgan fingerprint density at radius 3 is 2.65 bits per heavy atom. The predicted octanol–water partition coefficient (Wildman–Crippen LogP) is 4.06. The first-order chi connectivity index (χ1) is 9.56. The number of hydrogen-bond donors (Lipinski definition) is 2. The Bertz CT molecular complexity index is 510. The van der Waals surface area contributed by atoms with Crippen molar-refractivity contribution in [2.45, 2.75) is 38.5 Å². The SMILES string of the molecule is O=C(CCC1CCCC1)Nc1ccc(Br)cc1C(=O)O. The van der Waals surface area contributed by atoms with Crippen LogP contribution in [0.2, 0.25) is 0 Å². The molecule has 1 fully saturated rings. The molecule has 1 aliphatic carbocycles.